The first-order valence-electron chi connectivity index (χ1n) is 3.05. The van der Waals surface area contributed by atoms with Crippen LogP contribution >= 0.6 is 31.9 Å². The largest absolute Gasteiger partial charge is 0.294 e. The topological polar surface area (TPSA) is 17.3 Å². The Bertz CT molecular complexity index is 394. The quantitative estimate of drug-likeness (QED) is 0.676. The van der Waals surface area contributed by atoms with Crippen molar-refractivity contribution in [3.63, 3.8) is 0 Å². The second-order valence-electron chi connectivity index (χ2n) is 2.15. The molecule has 0 N–H and O–H groups in total. The molecule has 2 aromatic rings. The van der Waals surface area contributed by atoms with E-state index in [2.05, 4.69) is 36.8 Å². The molecule has 0 unspecified atom stereocenters. The zero-order chi connectivity index (χ0) is 7.84. The van der Waals surface area contributed by atoms with Crippen LogP contribution in [0.25, 0.3) is 5.65 Å². The SMILES string of the molecule is Brc1cc(Br)n2ccnc2c1. The fourth-order valence-electron chi connectivity index (χ4n) is 0.951. The molecule has 0 saturated carbocycles. The number of aromatic nitrogens is 2. The van der Waals surface area contributed by atoms with Crippen molar-refractivity contribution in [2.75, 3.05) is 0 Å². The molecule has 0 atom stereocenters. The molecule has 0 fully saturated rings. The van der Waals surface area contributed by atoms with E-state index in [0.717, 1.165) is 14.7 Å². The molecular formula is C7H4Br2N2. The van der Waals surface area contributed by atoms with Crippen LogP contribution in [-0.4, -0.2) is 9.38 Å². The van der Waals surface area contributed by atoms with Gasteiger partial charge in [0.25, 0.3) is 0 Å². The molecule has 0 amide bonds. The predicted octanol–water partition coefficient (Wildman–Crippen LogP) is 2.86. The molecule has 0 aromatic carbocycles. The van der Waals surface area contributed by atoms with E-state index in [1.54, 1.807) is 6.20 Å². The van der Waals surface area contributed by atoms with Crippen LogP contribution in [0, 0.1) is 0 Å². The van der Waals surface area contributed by atoms with E-state index in [-0.39, 0.29) is 0 Å². The van der Waals surface area contributed by atoms with Gasteiger partial charge in [-0.2, -0.15) is 0 Å². The second-order valence-corrected chi connectivity index (χ2v) is 3.88. The van der Waals surface area contributed by atoms with E-state index in [9.17, 15) is 0 Å². The number of rotatable bonds is 0. The van der Waals surface area contributed by atoms with Crippen molar-refractivity contribution < 1.29 is 0 Å². The Morgan fingerprint density at radius 2 is 2.09 bits per heavy atom. The van der Waals surface area contributed by atoms with Crippen LogP contribution < -0.4 is 0 Å². The van der Waals surface area contributed by atoms with Gasteiger partial charge < -0.3 is 0 Å². The molecule has 2 nitrogen and oxygen atoms in total. The van der Waals surface area contributed by atoms with Gasteiger partial charge in [-0.25, -0.2) is 4.98 Å². The fraction of sp³-hybridized carbons (Fsp3) is 0. The van der Waals surface area contributed by atoms with Crippen LogP contribution in [0.5, 0.6) is 0 Å². The summed E-state index contributed by atoms with van der Waals surface area (Å²) >= 11 is 6.80. The number of pyridine rings is 1. The molecule has 0 saturated heterocycles. The summed E-state index contributed by atoms with van der Waals surface area (Å²) in [6.45, 7) is 0. The Balaban J connectivity index is 2.91. The van der Waals surface area contributed by atoms with E-state index in [1.165, 1.54) is 0 Å². The first kappa shape index (κ1) is 7.31. The molecule has 0 bridgehead atoms. The third-order valence-electron chi connectivity index (χ3n) is 1.42. The first-order valence-corrected chi connectivity index (χ1v) is 4.64. The molecule has 11 heavy (non-hydrogen) atoms. The van der Waals surface area contributed by atoms with Crippen LogP contribution in [0.15, 0.2) is 33.6 Å². The number of hydrogen-bond acceptors (Lipinski definition) is 1. The van der Waals surface area contributed by atoms with Crippen LogP contribution in [-0.2, 0) is 0 Å². The van der Waals surface area contributed by atoms with Gasteiger partial charge in [0.2, 0.25) is 0 Å². The molecule has 0 aliphatic carbocycles. The van der Waals surface area contributed by atoms with Crippen molar-refractivity contribution >= 4 is 37.5 Å². The van der Waals surface area contributed by atoms with Gasteiger partial charge in [-0.05, 0) is 28.1 Å². The van der Waals surface area contributed by atoms with E-state index in [4.69, 9.17) is 0 Å². The minimum Gasteiger partial charge on any atom is -0.294 e. The van der Waals surface area contributed by atoms with Gasteiger partial charge >= 0.3 is 0 Å². The first-order chi connectivity index (χ1) is 5.27. The van der Waals surface area contributed by atoms with Gasteiger partial charge in [0, 0.05) is 16.9 Å². The van der Waals surface area contributed by atoms with Crippen molar-refractivity contribution in [3.8, 4) is 0 Å². The minimum atomic E-state index is 0.936. The second kappa shape index (κ2) is 2.60. The highest BCUT2D eigenvalue weighted by Crippen LogP contribution is 2.19. The minimum absolute atomic E-state index is 0.936. The van der Waals surface area contributed by atoms with Crippen molar-refractivity contribution in [2.24, 2.45) is 0 Å². The molecule has 2 rings (SSSR count). The van der Waals surface area contributed by atoms with Gasteiger partial charge in [-0.3, -0.25) is 4.40 Å². The number of imidazole rings is 1. The lowest BCUT2D eigenvalue weighted by Gasteiger charge is -1.97. The molecule has 56 valence electrons. The Kier molecular flexibility index (Phi) is 1.73. The average molecular weight is 276 g/mol. The smallest absolute Gasteiger partial charge is 0.138 e. The van der Waals surface area contributed by atoms with Crippen LogP contribution in [0.4, 0.5) is 0 Å². The average Bonchev–Trinajstić information content (AvgIpc) is 2.34. The third kappa shape index (κ3) is 1.20. The van der Waals surface area contributed by atoms with Crippen LogP contribution in [0.3, 0.4) is 0 Å². The maximum atomic E-state index is 4.14. The number of nitrogens with zero attached hydrogens (tertiary/aromatic N) is 2. The van der Waals surface area contributed by atoms with Crippen molar-refractivity contribution in [3.05, 3.63) is 33.6 Å². The Morgan fingerprint density at radius 3 is 2.91 bits per heavy atom. The summed E-state index contributed by atoms with van der Waals surface area (Å²) in [4.78, 5) is 4.14. The summed E-state index contributed by atoms with van der Waals surface area (Å²) in [5.74, 6) is 0. The lowest BCUT2D eigenvalue weighted by atomic mass is 10.5. The fourth-order valence-corrected chi connectivity index (χ4v) is 2.23. The summed E-state index contributed by atoms with van der Waals surface area (Å²) in [5, 5.41) is 0. The highest BCUT2D eigenvalue weighted by molar-refractivity contribution is 9.11. The lowest BCUT2D eigenvalue weighted by Crippen LogP contribution is -1.84. The Hall–Kier alpha value is -0.350. The monoisotopic (exact) mass is 274 g/mol. The highest BCUT2D eigenvalue weighted by Gasteiger charge is 1.98. The number of hydrogen-bond donors (Lipinski definition) is 0. The molecule has 0 aliphatic heterocycles. The van der Waals surface area contributed by atoms with Crippen molar-refractivity contribution in [1.82, 2.24) is 9.38 Å². The van der Waals surface area contributed by atoms with E-state index >= 15 is 0 Å². The Morgan fingerprint density at radius 1 is 1.27 bits per heavy atom. The normalized spacial score (nSPS) is 10.7. The standard InChI is InChI=1S/C7H4Br2N2/c8-5-3-6(9)11-2-1-10-7(11)4-5/h1-4H. The highest BCUT2D eigenvalue weighted by atomic mass is 79.9. The molecular weight excluding hydrogens is 272 g/mol. The molecule has 2 heterocycles. The number of halogens is 2. The van der Waals surface area contributed by atoms with E-state index in [0.29, 0.717) is 0 Å². The summed E-state index contributed by atoms with van der Waals surface area (Å²) in [5.41, 5.74) is 0.936. The maximum absolute atomic E-state index is 4.14. The molecule has 0 spiro atoms. The molecule has 2 aromatic heterocycles. The van der Waals surface area contributed by atoms with Gasteiger partial charge in [-0.1, -0.05) is 15.9 Å². The van der Waals surface area contributed by atoms with Crippen LogP contribution in [0.2, 0.25) is 0 Å². The zero-order valence-electron chi connectivity index (χ0n) is 5.46. The van der Waals surface area contributed by atoms with Gasteiger partial charge in [-0.15, -0.1) is 0 Å². The summed E-state index contributed by atoms with van der Waals surface area (Å²) < 4.78 is 3.99. The maximum Gasteiger partial charge on any atom is 0.138 e. The van der Waals surface area contributed by atoms with Gasteiger partial charge in [0.1, 0.15) is 5.65 Å². The number of fused-ring (bicyclic) bond motifs is 1. The van der Waals surface area contributed by atoms with Gasteiger partial charge in [0.15, 0.2) is 0 Å². The lowest BCUT2D eigenvalue weighted by molar-refractivity contribution is 1.14. The molecule has 0 radical (unpaired) electrons. The van der Waals surface area contributed by atoms with Crippen LogP contribution in [0.1, 0.15) is 0 Å². The van der Waals surface area contributed by atoms with Gasteiger partial charge in [0.05, 0.1) is 4.60 Å². The van der Waals surface area contributed by atoms with E-state index < -0.39 is 0 Å². The molecule has 0 aliphatic rings. The summed E-state index contributed by atoms with van der Waals surface area (Å²) in [7, 11) is 0. The van der Waals surface area contributed by atoms with E-state index in [1.807, 2.05) is 22.7 Å². The Labute approximate surface area is 80.5 Å². The zero-order valence-corrected chi connectivity index (χ0v) is 8.63. The summed E-state index contributed by atoms with van der Waals surface area (Å²) in [6, 6.07) is 3.94. The predicted molar refractivity (Wildman–Crippen MR) is 50.6 cm³/mol. The van der Waals surface area contributed by atoms with Crippen molar-refractivity contribution in [2.45, 2.75) is 0 Å². The summed E-state index contributed by atoms with van der Waals surface area (Å²) in [6.07, 6.45) is 3.68. The van der Waals surface area contributed by atoms with Crippen molar-refractivity contribution in [1.29, 1.82) is 0 Å². The molecule has 4 heteroatoms. The third-order valence-corrected chi connectivity index (χ3v) is 2.49.